The van der Waals surface area contributed by atoms with Gasteiger partial charge in [0, 0.05) is 13.0 Å². The van der Waals surface area contributed by atoms with Gasteiger partial charge >= 0.3 is 0 Å². The van der Waals surface area contributed by atoms with Gasteiger partial charge in [-0.15, -0.1) is 0 Å². The Kier molecular flexibility index (Phi) is 3.88. The van der Waals surface area contributed by atoms with E-state index in [0.29, 0.717) is 0 Å². The van der Waals surface area contributed by atoms with Crippen molar-refractivity contribution in [2.75, 3.05) is 13.1 Å². The lowest BCUT2D eigenvalue weighted by Crippen LogP contribution is -2.21. The molecule has 1 heterocycles. The van der Waals surface area contributed by atoms with E-state index in [-0.39, 0.29) is 0 Å². The molecule has 0 radical (unpaired) electrons. The van der Waals surface area contributed by atoms with Gasteiger partial charge in [-0.3, -0.25) is 0 Å². The summed E-state index contributed by atoms with van der Waals surface area (Å²) < 4.78 is 5.20. The van der Waals surface area contributed by atoms with E-state index in [0.717, 1.165) is 31.2 Å². The summed E-state index contributed by atoms with van der Waals surface area (Å²) in [6.45, 7) is 6.51. The fourth-order valence-corrected chi connectivity index (χ4v) is 1.06. The van der Waals surface area contributed by atoms with Crippen molar-refractivity contribution in [2.24, 2.45) is 5.92 Å². The molecular formula is C10H17NO. The number of hydrogen-bond acceptors (Lipinski definition) is 2. The standard InChI is InChI=1S/C10H17NO/c1-9(2)8-11-6-5-10-4-3-7-12-10/h3-4,7,9,11H,5-6,8H2,1-2H3. The third-order valence-electron chi connectivity index (χ3n) is 1.68. The molecule has 0 aromatic carbocycles. The molecule has 12 heavy (non-hydrogen) atoms. The Labute approximate surface area is 74.0 Å². The first-order chi connectivity index (χ1) is 5.79. The Morgan fingerprint density at radius 1 is 1.50 bits per heavy atom. The van der Waals surface area contributed by atoms with Crippen molar-refractivity contribution >= 4 is 0 Å². The second-order valence-corrected chi connectivity index (χ2v) is 3.43. The molecule has 2 heteroatoms. The minimum Gasteiger partial charge on any atom is -0.469 e. The van der Waals surface area contributed by atoms with Gasteiger partial charge in [-0.05, 0) is 24.6 Å². The predicted molar refractivity (Wildman–Crippen MR) is 50.1 cm³/mol. The van der Waals surface area contributed by atoms with Crippen LogP contribution >= 0.6 is 0 Å². The van der Waals surface area contributed by atoms with Crippen molar-refractivity contribution in [1.82, 2.24) is 5.32 Å². The average molecular weight is 167 g/mol. The van der Waals surface area contributed by atoms with Crippen molar-refractivity contribution in [3.63, 3.8) is 0 Å². The molecule has 0 spiro atoms. The van der Waals surface area contributed by atoms with Gasteiger partial charge < -0.3 is 9.73 Å². The van der Waals surface area contributed by atoms with Crippen molar-refractivity contribution < 1.29 is 4.42 Å². The molecule has 0 aliphatic rings. The van der Waals surface area contributed by atoms with Crippen LogP contribution in [0.25, 0.3) is 0 Å². The van der Waals surface area contributed by atoms with Crippen molar-refractivity contribution in [3.05, 3.63) is 24.2 Å². The smallest absolute Gasteiger partial charge is 0.105 e. The summed E-state index contributed by atoms with van der Waals surface area (Å²) in [6.07, 6.45) is 2.71. The SMILES string of the molecule is CC(C)CNCCc1ccco1. The first-order valence-electron chi connectivity index (χ1n) is 4.52. The Hall–Kier alpha value is -0.760. The predicted octanol–water partition coefficient (Wildman–Crippen LogP) is 2.07. The van der Waals surface area contributed by atoms with Crippen LogP contribution in [-0.2, 0) is 6.42 Å². The average Bonchev–Trinajstić information content (AvgIpc) is 2.49. The van der Waals surface area contributed by atoms with Crippen LogP contribution in [0, 0.1) is 5.92 Å². The molecule has 1 aromatic heterocycles. The fraction of sp³-hybridized carbons (Fsp3) is 0.600. The molecule has 0 saturated carbocycles. The monoisotopic (exact) mass is 167 g/mol. The van der Waals surface area contributed by atoms with Crippen molar-refractivity contribution in [3.8, 4) is 0 Å². The largest absolute Gasteiger partial charge is 0.469 e. The lowest BCUT2D eigenvalue weighted by Gasteiger charge is -2.05. The molecule has 68 valence electrons. The van der Waals surface area contributed by atoms with E-state index in [2.05, 4.69) is 19.2 Å². The summed E-state index contributed by atoms with van der Waals surface area (Å²) in [5.41, 5.74) is 0. The maximum Gasteiger partial charge on any atom is 0.105 e. The van der Waals surface area contributed by atoms with E-state index in [1.807, 2.05) is 12.1 Å². The molecule has 1 N–H and O–H groups in total. The van der Waals surface area contributed by atoms with Crippen LogP contribution in [0.15, 0.2) is 22.8 Å². The third kappa shape index (κ3) is 3.58. The van der Waals surface area contributed by atoms with Crippen LogP contribution in [0.5, 0.6) is 0 Å². The second kappa shape index (κ2) is 4.99. The molecule has 0 saturated heterocycles. The zero-order chi connectivity index (χ0) is 8.81. The van der Waals surface area contributed by atoms with E-state index in [1.54, 1.807) is 6.26 Å². The molecule has 0 aliphatic carbocycles. The molecule has 0 unspecified atom stereocenters. The third-order valence-corrected chi connectivity index (χ3v) is 1.68. The highest BCUT2D eigenvalue weighted by Gasteiger charge is 1.95. The lowest BCUT2D eigenvalue weighted by atomic mass is 10.2. The molecule has 2 nitrogen and oxygen atoms in total. The van der Waals surface area contributed by atoms with Crippen molar-refractivity contribution in [1.29, 1.82) is 0 Å². The minimum absolute atomic E-state index is 0.724. The van der Waals surface area contributed by atoms with Crippen LogP contribution in [0.3, 0.4) is 0 Å². The maximum atomic E-state index is 5.20. The quantitative estimate of drug-likeness (QED) is 0.679. The Morgan fingerprint density at radius 2 is 2.33 bits per heavy atom. The molecule has 0 amide bonds. The highest BCUT2D eigenvalue weighted by atomic mass is 16.3. The van der Waals surface area contributed by atoms with Gasteiger partial charge in [0.05, 0.1) is 6.26 Å². The summed E-state index contributed by atoms with van der Waals surface area (Å²) in [7, 11) is 0. The van der Waals surface area contributed by atoms with E-state index in [4.69, 9.17) is 4.42 Å². The Morgan fingerprint density at radius 3 is 2.92 bits per heavy atom. The van der Waals surface area contributed by atoms with Gasteiger partial charge in [-0.2, -0.15) is 0 Å². The number of hydrogen-bond donors (Lipinski definition) is 1. The summed E-state index contributed by atoms with van der Waals surface area (Å²) >= 11 is 0. The van der Waals surface area contributed by atoms with Gasteiger partial charge in [-0.25, -0.2) is 0 Å². The van der Waals surface area contributed by atoms with E-state index < -0.39 is 0 Å². The fourth-order valence-electron chi connectivity index (χ4n) is 1.06. The number of nitrogens with one attached hydrogen (secondary N) is 1. The topological polar surface area (TPSA) is 25.2 Å². The highest BCUT2D eigenvalue weighted by molar-refractivity contribution is 4.98. The second-order valence-electron chi connectivity index (χ2n) is 3.43. The van der Waals surface area contributed by atoms with Gasteiger partial charge in [0.1, 0.15) is 5.76 Å². The zero-order valence-electron chi connectivity index (χ0n) is 7.84. The summed E-state index contributed by atoms with van der Waals surface area (Å²) in [6, 6.07) is 3.94. The summed E-state index contributed by atoms with van der Waals surface area (Å²) in [4.78, 5) is 0. The van der Waals surface area contributed by atoms with Gasteiger partial charge in [0.15, 0.2) is 0 Å². The summed E-state index contributed by atoms with van der Waals surface area (Å²) in [5, 5.41) is 3.36. The summed E-state index contributed by atoms with van der Waals surface area (Å²) in [5.74, 6) is 1.79. The van der Waals surface area contributed by atoms with Crippen LogP contribution < -0.4 is 5.32 Å². The molecule has 1 aromatic rings. The number of rotatable bonds is 5. The zero-order valence-corrected chi connectivity index (χ0v) is 7.84. The first-order valence-corrected chi connectivity index (χ1v) is 4.52. The van der Waals surface area contributed by atoms with Crippen LogP contribution in [-0.4, -0.2) is 13.1 Å². The first kappa shape index (κ1) is 9.33. The Balaban J connectivity index is 2.04. The molecule has 0 bridgehead atoms. The van der Waals surface area contributed by atoms with Crippen LogP contribution in [0.4, 0.5) is 0 Å². The Bertz CT molecular complexity index is 192. The van der Waals surface area contributed by atoms with Crippen LogP contribution in [0.1, 0.15) is 19.6 Å². The van der Waals surface area contributed by atoms with Crippen molar-refractivity contribution in [2.45, 2.75) is 20.3 Å². The van der Waals surface area contributed by atoms with E-state index >= 15 is 0 Å². The number of furan rings is 1. The highest BCUT2D eigenvalue weighted by Crippen LogP contribution is 1.99. The molecule has 0 atom stereocenters. The van der Waals surface area contributed by atoms with E-state index in [1.165, 1.54) is 0 Å². The minimum atomic E-state index is 0.724. The van der Waals surface area contributed by atoms with E-state index in [9.17, 15) is 0 Å². The van der Waals surface area contributed by atoms with Crippen LogP contribution in [0.2, 0.25) is 0 Å². The van der Waals surface area contributed by atoms with Gasteiger partial charge in [0.25, 0.3) is 0 Å². The van der Waals surface area contributed by atoms with Gasteiger partial charge in [0.2, 0.25) is 0 Å². The molecule has 0 fully saturated rings. The van der Waals surface area contributed by atoms with Gasteiger partial charge in [-0.1, -0.05) is 13.8 Å². The molecule has 0 aliphatic heterocycles. The lowest BCUT2D eigenvalue weighted by molar-refractivity contribution is 0.487. The molecular weight excluding hydrogens is 150 g/mol. The molecule has 1 rings (SSSR count). The maximum absolute atomic E-state index is 5.20. The normalized spacial score (nSPS) is 10.9.